The highest BCUT2D eigenvalue weighted by atomic mass is 16.5. The molecule has 1 amide bonds. The van der Waals surface area contributed by atoms with Crippen molar-refractivity contribution in [2.75, 3.05) is 19.7 Å². The molecule has 3 heterocycles. The van der Waals surface area contributed by atoms with Gasteiger partial charge >= 0.3 is 0 Å². The zero-order chi connectivity index (χ0) is 17.4. The van der Waals surface area contributed by atoms with Crippen molar-refractivity contribution in [3.8, 4) is 0 Å². The Bertz CT molecular complexity index is 936. The quantitative estimate of drug-likeness (QED) is 0.714. The number of hydrogen-bond acceptors (Lipinski definition) is 5. The van der Waals surface area contributed by atoms with Crippen LogP contribution in [0.5, 0.6) is 0 Å². The fourth-order valence-electron chi connectivity index (χ4n) is 3.17. The highest BCUT2D eigenvalue weighted by molar-refractivity contribution is 5.98. The topological polar surface area (TPSA) is 73.1 Å². The third-order valence-corrected chi connectivity index (χ3v) is 4.53. The molecular formula is C18H19N5O2. The van der Waals surface area contributed by atoms with E-state index in [1.165, 1.54) is 0 Å². The van der Waals surface area contributed by atoms with Crippen LogP contribution in [0.1, 0.15) is 28.0 Å². The summed E-state index contributed by atoms with van der Waals surface area (Å²) in [7, 11) is 1.87. The van der Waals surface area contributed by atoms with Crippen molar-refractivity contribution in [3.63, 3.8) is 0 Å². The van der Waals surface area contributed by atoms with Crippen LogP contribution in [0.3, 0.4) is 0 Å². The number of morpholine rings is 1. The van der Waals surface area contributed by atoms with Crippen molar-refractivity contribution in [2.24, 2.45) is 7.05 Å². The number of benzene rings is 1. The molecule has 1 fully saturated rings. The number of fused-ring (bicyclic) bond motifs is 1. The molecule has 0 bridgehead atoms. The van der Waals surface area contributed by atoms with Crippen LogP contribution >= 0.6 is 0 Å². The van der Waals surface area contributed by atoms with Crippen LogP contribution in [-0.4, -0.2) is 50.3 Å². The smallest absolute Gasteiger partial charge is 0.255 e. The lowest BCUT2D eigenvalue weighted by Crippen LogP contribution is -2.43. The van der Waals surface area contributed by atoms with Gasteiger partial charge in [-0.25, -0.2) is 0 Å². The van der Waals surface area contributed by atoms with Gasteiger partial charge in [0.1, 0.15) is 12.4 Å². The van der Waals surface area contributed by atoms with E-state index in [0.717, 1.165) is 22.4 Å². The Morgan fingerprint density at radius 2 is 2.16 bits per heavy atom. The van der Waals surface area contributed by atoms with Crippen LogP contribution < -0.4 is 0 Å². The molecule has 0 aliphatic carbocycles. The van der Waals surface area contributed by atoms with Crippen LogP contribution in [0.15, 0.2) is 36.7 Å². The van der Waals surface area contributed by atoms with Crippen LogP contribution in [0.4, 0.5) is 0 Å². The van der Waals surface area contributed by atoms with Gasteiger partial charge in [0.2, 0.25) is 0 Å². The predicted octanol–water partition coefficient (Wildman–Crippen LogP) is 1.89. The zero-order valence-electron chi connectivity index (χ0n) is 14.2. The molecule has 1 atom stereocenters. The van der Waals surface area contributed by atoms with Crippen LogP contribution in [0, 0.1) is 6.92 Å². The minimum absolute atomic E-state index is 0.0220. The summed E-state index contributed by atoms with van der Waals surface area (Å²) in [5, 5.41) is 8.96. The number of hydrogen-bond donors (Lipinski definition) is 0. The molecule has 1 unspecified atom stereocenters. The molecular weight excluding hydrogens is 318 g/mol. The van der Waals surface area contributed by atoms with Gasteiger partial charge in [-0.2, -0.15) is 0 Å². The van der Waals surface area contributed by atoms with Gasteiger partial charge in [0.25, 0.3) is 5.91 Å². The van der Waals surface area contributed by atoms with Gasteiger partial charge in [-0.1, -0.05) is 18.2 Å². The molecule has 4 rings (SSSR count). The van der Waals surface area contributed by atoms with E-state index in [1.807, 2.05) is 53.8 Å². The maximum Gasteiger partial charge on any atom is 0.255 e. The van der Waals surface area contributed by atoms with Gasteiger partial charge in [-0.3, -0.25) is 9.78 Å². The van der Waals surface area contributed by atoms with E-state index < -0.39 is 0 Å². The lowest BCUT2D eigenvalue weighted by Gasteiger charge is -2.32. The molecule has 1 saturated heterocycles. The Labute approximate surface area is 145 Å². The summed E-state index contributed by atoms with van der Waals surface area (Å²) in [5.41, 5.74) is 2.28. The first-order valence-electron chi connectivity index (χ1n) is 8.24. The highest BCUT2D eigenvalue weighted by Crippen LogP contribution is 2.23. The highest BCUT2D eigenvalue weighted by Gasteiger charge is 2.29. The zero-order valence-corrected chi connectivity index (χ0v) is 14.2. The minimum atomic E-state index is -0.265. The van der Waals surface area contributed by atoms with Crippen molar-refractivity contribution in [1.82, 2.24) is 24.6 Å². The monoisotopic (exact) mass is 337 g/mol. The molecule has 1 aromatic carbocycles. The third-order valence-electron chi connectivity index (χ3n) is 4.53. The largest absolute Gasteiger partial charge is 0.366 e. The summed E-state index contributed by atoms with van der Waals surface area (Å²) in [6.45, 7) is 3.36. The number of para-hydroxylation sites is 1. The van der Waals surface area contributed by atoms with Gasteiger partial charge in [-0.05, 0) is 19.1 Å². The molecule has 0 radical (unpaired) electrons. The molecule has 1 aliphatic rings. The third kappa shape index (κ3) is 2.87. The van der Waals surface area contributed by atoms with E-state index in [4.69, 9.17) is 4.74 Å². The molecule has 7 heteroatoms. The average molecular weight is 337 g/mol. The Morgan fingerprint density at radius 3 is 2.96 bits per heavy atom. The molecule has 3 aromatic rings. The maximum absolute atomic E-state index is 13.1. The molecule has 7 nitrogen and oxygen atoms in total. The van der Waals surface area contributed by atoms with E-state index in [-0.39, 0.29) is 12.0 Å². The summed E-state index contributed by atoms with van der Waals surface area (Å²) in [4.78, 5) is 19.4. The van der Waals surface area contributed by atoms with Crippen LogP contribution in [-0.2, 0) is 11.8 Å². The number of amides is 1. The van der Waals surface area contributed by atoms with Gasteiger partial charge in [0, 0.05) is 19.0 Å². The number of nitrogens with zero attached hydrogens (tertiary/aromatic N) is 5. The Morgan fingerprint density at radius 1 is 1.32 bits per heavy atom. The first-order chi connectivity index (χ1) is 12.1. The van der Waals surface area contributed by atoms with E-state index in [1.54, 1.807) is 6.33 Å². The second-order valence-corrected chi connectivity index (χ2v) is 6.22. The fraction of sp³-hybridized carbons (Fsp3) is 0.333. The number of ether oxygens (including phenoxy) is 1. The summed E-state index contributed by atoms with van der Waals surface area (Å²) in [6.07, 6.45) is 1.37. The Kier molecular flexibility index (Phi) is 3.93. The van der Waals surface area contributed by atoms with Crippen molar-refractivity contribution in [2.45, 2.75) is 13.0 Å². The number of rotatable bonds is 2. The first kappa shape index (κ1) is 15.7. The summed E-state index contributed by atoms with van der Waals surface area (Å²) in [6, 6.07) is 9.75. The first-order valence-corrected chi connectivity index (χ1v) is 8.24. The van der Waals surface area contributed by atoms with Crippen molar-refractivity contribution >= 4 is 16.8 Å². The van der Waals surface area contributed by atoms with Crippen LogP contribution in [0.2, 0.25) is 0 Å². The Hall–Kier alpha value is -2.80. The summed E-state index contributed by atoms with van der Waals surface area (Å²) in [5.74, 6) is 0.706. The van der Waals surface area contributed by atoms with Gasteiger partial charge in [0.05, 0.1) is 29.9 Å². The normalized spacial score (nSPS) is 17.8. The van der Waals surface area contributed by atoms with Crippen molar-refractivity contribution in [3.05, 3.63) is 53.7 Å². The molecule has 0 saturated carbocycles. The van der Waals surface area contributed by atoms with E-state index >= 15 is 0 Å². The second kappa shape index (κ2) is 6.25. The maximum atomic E-state index is 13.1. The molecule has 0 spiro atoms. The van der Waals surface area contributed by atoms with Gasteiger partial charge in [0.15, 0.2) is 5.82 Å². The molecule has 2 aromatic heterocycles. The average Bonchev–Trinajstić information content (AvgIpc) is 3.06. The summed E-state index contributed by atoms with van der Waals surface area (Å²) < 4.78 is 7.61. The van der Waals surface area contributed by atoms with Crippen LogP contribution in [0.25, 0.3) is 10.9 Å². The lowest BCUT2D eigenvalue weighted by atomic mass is 10.1. The van der Waals surface area contributed by atoms with Crippen molar-refractivity contribution < 1.29 is 9.53 Å². The number of carbonyl (C=O) groups is 1. The minimum Gasteiger partial charge on any atom is -0.366 e. The van der Waals surface area contributed by atoms with Gasteiger partial charge < -0.3 is 14.2 Å². The predicted molar refractivity (Wildman–Crippen MR) is 92.1 cm³/mol. The van der Waals surface area contributed by atoms with E-state index in [2.05, 4.69) is 15.2 Å². The summed E-state index contributed by atoms with van der Waals surface area (Å²) >= 11 is 0. The van der Waals surface area contributed by atoms with Crippen molar-refractivity contribution in [1.29, 1.82) is 0 Å². The number of carbonyl (C=O) groups excluding carboxylic acids is 1. The lowest BCUT2D eigenvalue weighted by molar-refractivity contribution is -0.0281. The SMILES string of the molecule is Cc1nc2ccccc2cc1C(=O)N1CCOC(c2nncn2C)C1. The standard InChI is InChI=1S/C18H19N5O2/c1-12-14(9-13-5-3-4-6-15(13)20-12)18(24)23-7-8-25-16(10-23)17-21-19-11-22(17)2/h3-6,9,11,16H,7-8,10H2,1-2H3. The number of aromatic nitrogens is 4. The van der Waals surface area contributed by atoms with Gasteiger partial charge in [-0.15, -0.1) is 10.2 Å². The van der Waals surface area contributed by atoms with E-state index in [9.17, 15) is 4.79 Å². The molecule has 128 valence electrons. The fourth-order valence-corrected chi connectivity index (χ4v) is 3.17. The number of aryl methyl sites for hydroxylation is 2. The molecule has 0 N–H and O–H groups in total. The number of pyridine rings is 1. The molecule has 25 heavy (non-hydrogen) atoms. The Balaban J connectivity index is 1.62. The second-order valence-electron chi connectivity index (χ2n) is 6.22. The molecule has 1 aliphatic heterocycles. The van der Waals surface area contributed by atoms with E-state index in [0.29, 0.717) is 25.3 Å².